The summed E-state index contributed by atoms with van der Waals surface area (Å²) in [5.41, 5.74) is 0.639. The van der Waals surface area contributed by atoms with Crippen molar-refractivity contribution in [1.29, 1.82) is 0 Å². The summed E-state index contributed by atoms with van der Waals surface area (Å²) >= 11 is 5.53. The van der Waals surface area contributed by atoms with Gasteiger partial charge in [0.15, 0.2) is 6.61 Å². The van der Waals surface area contributed by atoms with Crippen molar-refractivity contribution in [1.82, 2.24) is 0 Å². The van der Waals surface area contributed by atoms with Crippen LogP contribution in [0.1, 0.15) is 16.8 Å². The number of hydrogen-bond acceptors (Lipinski definition) is 3. The van der Waals surface area contributed by atoms with Crippen molar-refractivity contribution in [3.63, 3.8) is 0 Å². The van der Waals surface area contributed by atoms with E-state index in [2.05, 4.69) is 0 Å². The zero-order chi connectivity index (χ0) is 10.7. The van der Waals surface area contributed by atoms with Crippen molar-refractivity contribution >= 4 is 17.4 Å². The number of ether oxygens (including phenoxy) is 2. The molecular weight excluding hydrogens is 216 g/mol. The molecule has 0 bridgehead atoms. The number of fused-ring (bicyclic) bond motifs is 1. The highest BCUT2D eigenvalue weighted by atomic mass is 35.5. The summed E-state index contributed by atoms with van der Waals surface area (Å²) in [5, 5.41) is 0. The first-order valence-corrected chi connectivity index (χ1v) is 5.33. The van der Waals surface area contributed by atoms with Crippen LogP contribution in [0.15, 0.2) is 18.2 Å². The van der Waals surface area contributed by atoms with Crippen molar-refractivity contribution in [2.45, 2.75) is 6.42 Å². The predicted molar refractivity (Wildman–Crippen MR) is 57.1 cm³/mol. The van der Waals surface area contributed by atoms with Gasteiger partial charge in [-0.1, -0.05) is 0 Å². The van der Waals surface area contributed by atoms with E-state index in [0.717, 1.165) is 6.42 Å². The molecule has 0 aromatic heterocycles. The Morgan fingerprint density at radius 3 is 3.13 bits per heavy atom. The van der Waals surface area contributed by atoms with Crippen molar-refractivity contribution in [3.8, 4) is 11.5 Å². The molecule has 3 nitrogen and oxygen atoms in total. The second-order valence-electron chi connectivity index (χ2n) is 3.26. The molecule has 1 heterocycles. The van der Waals surface area contributed by atoms with Crippen LogP contribution in [0.2, 0.25) is 0 Å². The Balaban J connectivity index is 2.06. The first kappa shape index (κ1) is 10.3. The molecule has 4 heteroatoms. The van der Waals surface area contributed by atoms with Crippen LogP contribution in [-0.2, 0) is 0 Å². The molecule has 2 rings (SSSR count). The standard InChI is InChI=1S/C11H11ClO3/c12-4-1-5-14-8-2-3-9-10(13)7-15-11(9)6-8/h2-3,6H,1,4-5,7H2. The highest BCUT2D eigenvalue weighted by molar-refractivity contribution is 6.17. The maximum Gasteiger partial charge on any atom is 0.203 e. The molecule has 0 radical (unpaired) electrons. The Morgan fingerprint density at radius 2 is 2.33 bits per heavy atom. The van der Waals surface area contributed by atoms with E-state index in [9.17, 15) is 4.79 Å². The van der Waals surface area contributed by atoms with Crippen LogP contribution in [0, 0.1) is 0 Å². The second-order valence-corrected chi connectivity index (χ2v) is 3.64. The molecule has 0 unspecified atom stereocenters. The van der Waals surface area contributed by atoms with Crippen LogP contribution in [0.25, 0.3) is 0 Å². The van der Waals surface area contributed by atoms with Gasteiger partial charge < -0.3 is 9.47 Å². The summed E-state index contributed by atoms with van der Waals surface area (Å²) in [6, 6.07) is 5.26. The molecule has 1 aromatic rings. The number of carbonyl (C=O) groups excluding carboxylic acids is 1. The third-order valence-electron chi connectivity index (χ3n) is 2.16. The molecule has 0 aliphatic carbocycles. The minimum absolute atomic E-state index is 0.0253. The van der Waals surface area contributed by atoms with Crippen LogP contribution in [0.5, 0.6) is 11.5 Å². The van der Waals surface area contributed by atoms with E-state index < -0.39 is 0 Å². The molecule has 0 N–H and O–H groups in total. The monoisotopic (exact) mass is 226 g/mol. The fraction of sp³-hybridized carbons (Fsp3) is 0.364. The normalized spacial score (nSPS) is 13.5. The lowest BCUT2D eigenvalue weighted by Crippen LogP contribution is -1.98. The van der Waals surface area contributed by atoms with Gasteiger partial charge in [0.25, 0.3) is 0 Å². The van der Waals surface area contributed by atoms with E-state index in [1.165, 1.54) is 0 Å². The van der Waals surface area contributed by atoms with Gasteiger partial charge in [-0.25, -0.2) is 0 Å². The number of carbonyl (C=O) groups is 1. The number of halogens is 1. The molecule has 80 valence electrons. The van der Waals surface area contributed by atoms with E-state index in [0.29, 0.717) is 29.5 Å². The van der Waals surface area contributed by atoms with Crippen molar-refractivity contribution in [2.24, 2.45) is 0 Å². The van der Waals surface area contributed by atoms with Gasteiger partial charge in [-0.2, -0.15) is 0 Å². The largest absolute Gasteiger partial charge is 0.493 e. The van der Waals surface area contributed by atoms with Crippen LogP contribution in [0.3, 0.4) is 0 Å². The summed E-state index contributed by atoms with van der Waals surface area (Å²) in [5.74, 6) is 1.94. The summed E-state index contributed by atoms with van der Waals surface area (Å²) in [6.45, 7) is 0.719. The number of ketones is 1. The van der Waals surface area contributed by atoms with E-state index in [1.54, 1.807) is 18.2 Å². The molecule has 1 aliphatic rings. The van der Waals surface area contributed by atoms with Crippen molar-refractivity contribution in [2.75, 3.05) is 19.1 Å². The molecule has 0 spiro atoms. The zero-order valence-electron chi connectivity index (χ0n) is 8.16. The molecule has 15 heavy (non-hydrogen) atoms. The molecule has 0 fully saturated rings. The van der Waals surface area contributed by atoms with Crippen molar-refractivity contribution < 1.29 is 14.3 Å². The Morgan fingerprint density at radius 1 is 1.47 bits per heavy atom. The number of hydrogen-bond donors (Lipinski definition) is 0. The Labute approximate surface area is 92.9 Å². The van der Waals surface area contributed by atoms with Gasteiger partial charge in [0, 0.05) is 11.9 Å². The lowest BCUT2D eigenvalue weighted by Gasteiger charge is -2.05. The quantitative estimate of drug-likeness (QED) is 0.584. The van der Waals surface area contributed by atoms with Crippen LogP contribution >= 0.6 is 11.6 Å². The lowest BCUT2D eigenvalue weighted by atomic mass is 10.1. The van der Waals surface area contributed by atoms with Crippen LogP contribution < -0.4 is 9.47 Å². The highest BCUT2D eigenvalue weighted by Crippen LogP contribution is 2.29. The maximum atomic E-state index is 11.3. The summed E-state index contributed by atoms with van der Waals surface area (Å²) in [7, 11) is 0. The molecule has 0 saturated heterocycles. The Hall–Kier alpha value is -1.22. The molecular formula is C11H11ClO3. The third-order valence-corrected chi connectivity index (χ3v) is 2.43. The van der Waals surface area contributed by atoms with E-state index >= 15 is 0 Å². The summed E-state index contributed by atoms with van der Waals surface area (Å²) < 4.78 is 10.6. The first-order valence-electron chi connectivity index (χ1n) is 4.80. The van der Waals surface area contributed by atoms with Crippen LogP contribution in [0.4, 0.5) is 0 Å². The third kappa shape index (κ3) is 2.23. The van der Waals surface area contributed by atoms with Gasteiger partial charge in [-0.05, 0) is 18.6 Å². The number of Topliss-reactive ketones (excluding diaryl/α,β-unsaturated/α-hetero) is 1. The molecule has 0 amide bonds. The van der Waals surface area contributed by atoms with Gasteiger partial charge >= 0.3 is 0 Å². The van der Waals surface area contributed by atoms with E-state index in [1.807, 2.05) is 0 Å². The fourth-order valence-corrected chi connectivity index (χ4v) is 1.52. The average Bonchev–Trinajstić information content (AvgIpc) is 2.61. The number of benzene rings is 1. The van der Waals surface area contributed by atoms with Gasteiger partial charge in [-0.15, -0.1) is 11.6 Å². The van der Waals surface area contributed by atoms with Crippen LogP contribution in [-0.4, -0.2) is 24.9 Å². The maximum absolute atomic E-state index is 11.3. The van der Waals surface area contributed by atoms with Crippen molar-refractivity contribution in [3.05, 3.63) is 23.8 Å². The first-order chi connectivity index (χ1) is 7.31. The van der Waals surface area contributed by atoms with Gasteiger partial charge in [0.05, 0.1) is 12.2 Å². The molecule has 0 saturated carbocycles. The predicted octanol–water partition coefficient (Wildman–Crippen LogP) is 2.27. The SMILES string of the molecule is O=C1COc2cc(OCCCCl)ccc21. The van der Waals surface area contributed by atoms with E-state index in [-0.39, 0.29) is 12.4 Å². The number of alkyl halides is 1. The fourth-order valence-electron chi connectivity index (χ4n) is 1.41. The summed E-state index contributed by atoms with van der Waals surface area (Å²) in [6.07, 6.45) is 0.804. The highest BCUT2D eigenvalue weighted by Gasteiger charge is 2.21. The lowest BCUT2D eigenvalue weighted by molar-refractivity contribution is 0.0961. The van der Waals surface area contributed by atoms with Gasteiger partial charge in [0.2, 0.25) is 5.78 Å². The summed E-state index contributed by atoms with van der Waals surface area (Å²) in [4.78, 5) is 11.3. The Bertz CT molecular complexity index is 376. The molecule has 0 atom stereocenters. The minimum Gasteiger partial charge on any atom is -0.493 e. The molecule has 1 aromatic carbocycles. The number of rotatable bonds is 4. The zero-order valence-corrected chi connectivity index (χ0v) is 8.92. The minimum atomic E-state index is 0.0253. The Kier molecular flexibility index (Phi) is 3.11. The average molecular weight is 227 g/mol. The second kappa shape index (κ2) is 4.53. The topological polar surface area (TPSA) is 35.5 Å². The smallest absolute Gasteiger partial charge is 0.203 e. The molecule has 1 aliphatic heterocycles. The van der Waals surface area contributed by atoms with E-state index in [4.69, 9.17) is 21.1 Å². The van der Waals surface area contributed by atoms with Gasteiger partial charge in [-0.3, -0.25) is 4.79 Å². The van der Waals surface area contributed by atoms with Gasteiger partial charge in [0.1, 0.15) is 11.5 Å².